The topological polar surface area (TPSA) is 61.8 Å². The summed E-state index contributed by atoms with van der Waals surface area (Å²) < 4.78 is 0.874. The van der Waals surface area contributed by atoms with E-state index in [0.29, 0.717) is 28.7 Å². The molecule has 1 N–H and O–H groups in total. The highest BCUT2D eigenvalue weighted by Crippen LogP contribution is 2.46. The summed E-state index contributed by atoms with van der Waals surface area (Å²) in [6.07, 6.45) is 2.76. The van der Waals surface area contributed by atoms with Crippen molar-refractivity contribution in [1.29, 1.82) is 0 Å². The van der Waals surface area contributed by atoms with Crippen LogP contribution in [-0.2, 0) is 24.2 Å². The number of halogens is 1. The van der Waals surface area contributed by atoms with Crippen LogP contribution in [0.25, 0.3) is 0 Å². The molecular weight excluding hydrogens is 594 g/mol. The van der Waals surface area contributed by atoms with Crippen molar-refractivity contribution in [2.45, 2.75) is 46.6 Å². The van der Waals surface area contributed by atoms with Gasteiger partial charge in [0.1, 0.15) is 10.7 Å². The van der Waals surface area contributed by atoms with Crippen LogP contribution in [0.2, 0.25) is 0 Å². The van der Waals surface area contributed by atoms with Crippen LogP contribution in [0.3, 0.4) is 0 Å². The van der Waals surface area contributed by atoms with Crippen LogP contribution in [-0.4, -0.2) is 17.5 Å². The van der Waals surface area contributed by atoms with Crippen molar-refractivity contribution in [2.24, 2.45) is 16.3 Å². The number of aliphatic imine (C=N–C) groups is 1. The van der Waals surface area contributed by atoms with Gasteiger partial charge in [-0.2, -0.15) is 0 Å². The number of thiophene rings is 1. The Bertz CT molecular complexity index is 1650. The summed E-state index contributed by atoms with van der Waals surface area (Å²) >= 11 is 5.15. The highest BCUT2D eigenvalue weighted by Gasteiger charge is 2.37. The second kappa shape index (κ2) is 11.0. The Morgan fingerprint density at radius 2 is 1.76 bits per heavy atom. The number of benzene rings is 3. The van der Waals surface area contributed by atoms with Gasteiger partial charge in [-0.3, -0.25) is 9.59 Å². The predicted octanol–water partition coefficient (Wildman–Crippen LogP) is 8.58. The summed E-state index contributed by atoms with van der Waals surface area (Å²) in [6.45, 7) is 7.30. The standard InChI is InChI=1S/C34H32BrN3O2S/c1-34(2,3)22-14-16-25-28(18-22)41-32(29(25)31(39)36-24-12-8-5-9-13-24)37-30-26-19-23(35)15-17-27(26)38(33(30)40)20-21-10-6-4-7-11-21/h4-13,15,17,19,22H,14,16,18,20H2,1-3H3,(H,36,39)/t22-/m0/s1. The zero-order valence-corrected chi connectivity index (χ0v) is 25.8. The van der Waals surface area contributed by atoms with E-state index in [1.807, 2.05) is 78.9 Å². The van der Waals surface area contributed by atoms with Crippen molar-refractivity contribution >= 4 is 61.2 Å². The van der Waals surface area contributed by atoms with Crippen LogP contribution in [0.5, 0.6) is 0 Å². The van der Waals surface area contributed by atoms with Crippen LogP contribution in [0.15, 0.2) is 88.3 Å². The molecule has 2 amide bonds. The Morgan fingerprint density at radius 3 is 2.46 bits per heavy atom. The van der Waals surface area contributed by atoms with Gasteiger partial charge in [-0.1, -0.05) is 85.2 Å². The molecule has 7 heteroatoms. The number of nitrogens with one attached hydrogen (secondary N) is 1. The van der Waals surface area contributed by atoms with E-state index in [-0.39, 0.29) is 17.2 Å². The molecule has 0 saturated carbocycles. The van der Waals surface area contributed by atoms with Gasteiger partial charge in [0, 0.05) is 20.6 Å². The molecule has 0 saturated heterocycles. The molecule has 1 atom stereocenters. The molecule has 2 heterocycles. The first kappa shape index (κ1) is 27.6. The van der Waals surface area contributed by atoms with E-state index in [1.165, 1.54) is 4.88 Å². The number of anilines is 2. The van der Waals surface area contributed by atoms with E-state index in [9.17, 15) is 9.59 Å². The number of hydrogen-bond acceptors (Lipinski definition) is 4. The molecule has 1 aliphatic heterocycles. The van der Waals surface area contributed by atoms with Crippen LogP contribution < -0.4 is 10.2 Å². The lowest BCUT2D eigenvalue weighted by Crippen LogP contribution is -2.29. The molecular formula is C34H32BrN3O2S. The number of amides is 2. The van der Waals surface area contributed by atoms with Gasteiger partial charge >= 0.3 is 0 Å². The van der Waals surface area contributed by atoms with Crippen molar-refractivity contribution in [3.05, 3.63) is 110 Å². The predicted molar refractivity (Wildman–Crippen MR) is 172 cm³/mol. The molecule has 0 radical (unpaired) electrons. The first-order valence-corrected chi connectivity index (χ1v) is 15.6. The molecule has 5 nitrogen and oxygen atoms in total. The average Bonchev–Trinajstić information content (AvgIpc) is 3.43. The monoisotopic (exact) mass is 625 g/mol. The van der Waals surface area contributed by atoms with Crippen molar-refractivity contribution < 1.29 is 9.59 Å². The van der Waals surface area contributed by atoms with Crippen LogP contribution >= 0.6 is 27.3 Å². The minimum absolute atomic E-state index is 0.157. The molecule has 1 aliphatic carbocycles. The van der Waals surface area contributed by atoms with E-state index in [2.05, 4.69) is 42.0 Å². The van der Waals surface area contributed by atoms with E-state index < -0.39 is 0 Å². The Morgan fingerprint density at radius 1 is 1.05 bits per heavy atom. The molecule has 6 rings (SSSR count). The summed E-state index contributed by atoms with van der Waals surface area (Å²) in [5.74, 6) is 0.184. The fraction of sp³-hybridized carbons (Fsp3) is 0.265. The van der Waals surface area contributed by atoms with Crippen molar-refractivity contribution in [2.75, 3.05) is 10.2 Å². The second-order valence-electron chi connectivity index (χ2n) is 11.8. The van der Waals surface area contributed by atoms with Crippen LogP contribution in [0, 0.1) is 11.3 Å². The zero-order chi connectivity index (χ0) is 28.7. The maximum absolute atomic E-state index is 14.0. The third-order valence-corrected chi connectivity index (χ3v) is 9.72. The van der Waals surface area contributed by atoms with Gasteiger partial charge in [0.15, 0.2) is 0 Å². The molecule has 0 spiro atoms. The third kappa shape index (κ3) is 5.53. The normalized spacial score (nSPS) is 17.5. The summed E-state index contributed by atoms with van der Waals surface area (Å²) in [5, 5.41) is 3.68. The number of nitrogens with zero attached hydrogens (tertiary/aromatic N) is 2. The smallest absolute Gasteiger partial charge is 0.277 e. The van der Waals surface area contributed by atoms with Crippen LogP contribution in [0.1, 0.15) is 59.1 Å². The Labute approximate surface area is 253 Å². The van der Waals surface area contributed by atoms with Crippen molar-refractivity contribution in [3.63, 3.8) is 0 Å². The van der Waals surface area contributed by atoms with Gasteiger partial charge in [-0.05, 0) is 72.1 Å². The summed E-state index contributed by atoms with van der Waals surface area (Å²) in [5.41, 5.74) is 5.59. The van der Waals surface area contributed by atoms with E-state index in [0.717, 1.165) is 51.8 Å². The van der Waals surface area contributed by atoms with Gasteiger partial charge in [0.05, 0.1) is 17.8 Å². The number of para-hydroxylation sites is 1. The van der Waals surface area contributed by atoms with Gasteiger partial charge in [0.2, 0.25) is 0 Å². The van der Waals surface area contributed by atoms with E-state index in [4.69, 9.17) is 4.99 Å². The fourth-order valence-electron chi connectivity index (χ4n) is 5.76. The molecule has 0 bridgehead atoms. The first-order valence-electron chi connectivity index (χ1n) is 13.9. The molecule has 41 heavy (non-hydrogen) atoms. The number of hydrogen-bond donors (Lipinski definition) is 1. The van der Waals surface area contributed by atoms with E-state index in [1.54, 1.807) is 16.2 Å². The molecule has 1 aromatic heterocycles. The fourth-order valence-corrected chi connectivity index (χ4v) is 7.42. The number of carbonyl (C=O) groups excluding carboxylic acids is 2. The van der Waals surface area contributed by atoms with Crippen molar-refractivity contribution in [1.82, 2.24) is 0 Å². The quantitative estimate of drug-likeness (QED) is 0.241. The Hall–Kier alpha value is -3.55. The highest BCUT2D eigenvalue weighted by molar-refractivity contribution is 9.10. The molecule has 0 fully saturated rings. The maximum atomic E-state index is 14.0. The van der Waals surface area contributed by atoms with Gasteiger partial charge in [-0.25, -0.2) is 4.99 Å². The molecule has 0 unspecified atom stereocenters. The minimum Gasteiger partial charge on any atom is -0.322 e. The molecule has 208 valence electrons. The van der Waals surface area contributed by atoms with Crippen LogP contribution in [0.4, 0.5) is 16.4 Å². The Kier molecular flexibility index (Phi) is 7.43. The average molecular weight is 627 g/mol. The number of rotatable bonds is 5. The molecule has 3 aromatic carbocycles. The van der Waals surface area contributed by atoms with E-state index >= 15 is 0 Å². The molecule has 2 aliphatic rings. The number of carbonyl (C=O) groups is 2. The molecule has 4 aromatic rings. The summed E-state index contributed by atoms with van der Waals surface area (Å²) in [7, 11) is 0. The maximum Gasteiger partial charge on any atom is 0.277 e. The first-order chi connectivity index (χ1) is 19.7. The minimum atomic E-state index is -0.177. The number of fused-ring (bicyclic) bond motifs is 2. The second-order valence-corrected chi connectivity index (χ2v) is 13.8. The SMILES string of the molecule is CC(C)(C)[C@H]1CCc2c(sc(N=C3C(=O)N(Cc4ccccc4)c4ccc(Br)cc43)c2C(=O)Nc2ccccc2)C1. The summed E-state index contributed by atoms with van der Waals surface area (Å²) in [4.78, 5) is 35.8. The zero-order valence-electron chi connectivity index (χ0n) is 23.4. The largest absolute Gasteiger partial charge is 0.322 e. The summed E-state index contributed by atoms with van der Waals surface area (Å²) in [6, 6.07) is 25.3. The van der Waals surface area contributed by atoms with Crippen molar-refractivity contribution in [3.8, 4) is 0 Å². The van der Waals surface area contributed by atoms with Gasteiger partial charge in [-0.15, -0.1) is 11.3 Å². The third-order valence-electron chi connectivity index (χ3n) is 8.08. The Balaban J connectivity index is 1.45. The lowest BCUT2D eigenvalue weighted by Gasteiger charge is -2.33. The van der Waals surface area contributed by atoms with Gasteiger partial charge in [0.25, 0.3) is 11.8 Å². The van der Waals surface area contributed by atoms with Gasteiger partial charge < -0.3 is 10.2 Å². The lowest BCUT2D eigenvalue weighted by atomic mass is 9.72. The lowest BCUT2D eigenvalue weighted by molar-refractivity contribution is -0.112. The highest BCUT2D eigenvalue weighted by atomic mass is 79.9.